The maximum atomic E-state index is 13.1. The van der Waals surface area contributed by atoms with E-state index in [1.807, 2.05) is 0 Å². The number of rotatable bonds is 3. The van der Waals surface area contributed by atoms with Gasteiger partial charge in [-0.25, -0.2) is 4.39 Å². The van der Waals surface area contributed by atoms with Crippen molar-refractivity contribution in [2.75, 3.05) is 12.4 Å². The van der Waals surface area contributed by atoms with Crippen molar-refractivity contribution in [3.63, 3.8) is 0 Å². The number of nitrogens with zero attached hydrogens (tertiary/aromatic N) is 1. The highest BCUT2D eigenvalue weighted by molar-refractivity contribution is 5.55. The molecule has 13 heavy (non-hydrogen) atoms. The first kappa shape index (κ1) is 8.29. The van der Waals surface area contributed by atoms with Crippen LogP contribution in [0.25, 0.3) is 0 Å². The van der Waals surface area contributed by atoms with Gasteiger partial charge in [-0.3, -0.25) is 4.98 Å². The van der Waals surface area contributed by atoms with Gasteiger partial charge in [0.25, 0.3) is 0 Å². The molecule has 0 spiro atoms. The number of nitrogens with one attached hydrogen (secondary N) is 1. The molecule has 0 saturated heterocycles. The lowest BCUT2D eigenvalue weighted by Crippen LogP contribution is -2.02. The summed E-state index contributed by atoms with van der Waals surface area (Å²) < 4.78 is 18.6. The summed E-state index contributed by atoms with van der Waals surface area (Å²) in [5.74, 6) is 0.130. The third-order valence-electron chi connectivity index (χ3n) is 1.93. The second-order valence-electron chi connectivity index (χ2n) is 3.06. The molecule has 0 aromatic carbocycles. The Kier molecular flexibility index (Phi) is 2.04. The van der Waals surface area contributed by atoms with E-state index < -0.39 is 0 Å². The van der Waals surface area contributed by atoms with Crippen molar-refractivity contribution in [3.8, 4) is 5.75 Å². The van der Waals surface area contributed by atoms with Gasteiger partial charge < -0.3 is 10.1 Å². The maximum absolute atomic E-state index is 13.1. The van der Waals surface area contributed by atoms with Crippen LogP contribution in [-0.4, -0.2) is 18.1 Å². The van der Waals surface area contributed by atoms with E-state index in [9.17, 15) is 4.39 Å². The van der Waals surface area contributed by atoms with Crippen molar-refractivity contribution >= 4 is 5.69 Å². The number of ether oxygens (including phenoxy) is 1. The Morgan fingerprint density at radius 1 is 1.54 bits per heavy atom. The normalized spacial score (nSPS) is 15.5. The highest BCUT2D eigenvalue weighted by Crippen LogP contribution is 2.32. The Labute approximate surface area is 75.9 Å². The van der Waals surface area contributed by atoms with E-state index in [1.54, 1.807) is 7.05 Å². The van der Waals surface area contributed by atoms with Crippen LogP contribution in [-0.2, 0) is 0 Å². The smallest absolute Gasteiger partial charge is 0.168 e. The number of pyridine rings is 1. The lowest BCUT2D eigenvalue weighted by atomic mass is 10.3. The molecule has 1 aromatic rings. The van der Waals surface area contributed by atoms with Crippen LogP contribution in [0.1, 0.15) is 12.8 Å². The Balaban J connectivity index is 2.25. The van der Waals surface area contributed by atoms with Gasteiger partial charge in [0.15, 0.2) is 11.6 Å². The van der Waals surface area contributed by atoms with Crippen LogP contribution in [0.5, 0.6) is 5.75 Å². The van der Waals surface area contributed by atoms with Crippen LogP contribution >= 0.6 is 0 Å². The highest BCUT2D eigenvalue weighted by atomic mass is 19.1. The van der Waals surface area contributed by atoms with E-state index in [2.05, 4.69) is 10.3 Å². The first-order valence-corrected chi connectivity index (χ1v) is 4.29. The van der Waals surface area contributed by atoms with Gasteiger partial charge in [-0.2, -0.15) is 0 Å². The second-order valence-corrected chi connectivity index (χ2v) is 3.06. The van der Waals surface area contributed by atoms with Gasteiger partial charge in [0, 0.05) is 7.05 Å². The number of halogens is 1. The van der Waals surface area contributed by atoms with Crippen LogP contribution in [0.4, 0.5) is 10.1 Å². The van der Waals surface area contributed by atoms with Crippen LogP contribution < -0.4 is 10.1 Å². The molecule has 0 bridgehead atoms. The molecule has 1 fully saturated rings. The first-order valence-electron chi connectivity index (χ1n) is 4.29. The summed E-state index contributed by atoms with van der Waals surface area (Å²) in [6.07, 6.45) is 5.08. The van der Waals surface area contributed by atoms with E-state index in [0.29, 0.717) is 11.4 Å². The molecule has 1 saturated carbocycles. The summed E-state index contributed by atoms with van der Waals surface area (Å²) in [7, 11) is 1.66. The van der Waals surface area contributed by atoms with Crippen molar-refractivity contribution in [1.29, 1.82) is 0 Å². The van der Waals surface area contributed by atoms with E-state index in [1.165, 1.54) is 12.4 Å². The molecular weight excluding hydrogens is 171 g/mol. The minimum absolute atomic E-state index is 0.260. The van der Waals surface area contributed by atoms with E-state index >= 15 is 0 Å². The molecule has 3 nitrogen and oxygen atoms in total. The minimum Gasteiger partial charge on any atom is -0.487 e. The lowest BCUT2D eigenvalue weighted by molar-refractivity contribution is 0.302. The number of aromatic nitrogens is 1. The standard InChI is InChI=1S/C9H11FN2O/c1-11-9-7(10)4-12-5-8(9)13-6-2-3-6/h4-6H,2-3H2,1H3,(H,11,12). The Bertz CT molecular complexity index is 312. The van der Waals surface area contributed by atoms with E-state index in [4.69, 9.17) is 4.74 Å². The molecule has 1 N–H and O–H groups in total. The number of hydrogen-bond acceptors (Lipinski definition) is 3. The average molecular weight is 182 g/mol. The average Bonchev–Trinajstić information content (AvgIpc) is 2.89. The summed E-state index contributed by atoms with van der Waals surface area (Å²) in [5, 5.41) is 2.76. The fraction of sp³-hybridized carbons (Fsp3) is 0.444. The SMILES string of the molecule is CNc1c(F)cncc1OC1CC1. The molecule has 0 amide bonds. The molecule has 4 heteroatoms. The molecule has 1 aromatic heterocycles. The predicted octanol–water partition coefficient (Wildman–Crippen LogP) is 1.80. The third kappa shape index (κ3) is 1.71. The van der Waals surface area contributed by atoms with Gasteiger partial charge in [-0.15, -0.1) is 0 Å². The summed E-state index contributed by atoms with van der Waals surface area (Å²) in [5.41, 5.74) is 0.391. The van der Waals surface area contributed by atoms with Crippen molar-refractivity contribution in [2.45, 2.75) is 18.9 Å². The first-order chi connectivity index (χ1) is 6.31. The van der Waals surface area contributed by atoms with E-state index in [-0.39, 0.29) is 11.9 Å². The highest BCUT2D eigenvalue weighted by Gasteiger charge is 2.25. The second kappa shape index (κ2) is 3.20. The monoisotopic (exact) mass is 182 g/mol. The molecule has 1 aliphatic carbocycles. The zero-order chi connectivity index (χ0) is 9.26. The van der Waals surface area contributed by atoms with Crippen LogP contribution in [0.2, 0.25) is 0 Å². The number of anilines is 1. The molecular formula is C9H11FN2O. The Hall–Kier alpha value is -1.32. The zero-order valence-electron chi connectivity index (χ0n) is 7.38. The van der Waals surface area contributed by atoms with Crippen LogP contribution in [0, 0.1) is 5.82 Å². The summed E-state index contributed by atoms with van der Waals surface area (Å²) in [4.78, 5) is 3.73. The summed E-state index contributed by atoms with van der Waals surface area (Å²) in [6, 6.07) is 0. The third-order valence-corrected chi connectivity index (χ3v) is 1.93. The Morgan fingerprint density at radius 2 is 2.31 bits per heavy atom. The molecule has 0 radical (unpaired) electrons. The fourth-order valence-electron chi connectivity index (χ4n) is 1.11. The van der Waals surface area contributed by atoms with Gasteiger partial charge in [0.1, 0.15) is 5.69 Å². The molecule has 1 heterocycles. The topological polar surface area (TPSA) is 34.2 Å². The van der Waals surface area contributed by atoms with Gasteiger partial charge in [-0.05, 0) is 12.8 Å². The lowest BCUT2D eigenvalue weighted by Gasteiger charge is -2.09. The zero-order valence-corrected chi connectivity index (χ0v) is 7.38. The molecule has 1 aliphatic rings. The molecule has 0 atom stereocenters. The van der Waals surface area contributed by atoms with Gasteiger partial charge >= 0.3 is 0 Å². The van der Waals surface area contributed by atoms with Crippen molar-refractivity contribution in [3.05, 3.63) is 18.2 Å². The Morgan fingerprint density at radius 3 is 2.92 bits per heavy atom. The molecule has 2 rings (SSSR count). The van der Waals surface area contributed by atoms with Crippen LogP contribution in [0.3, 0.4) is 0 Å². The molecule has 0 aliphatic heterocycles. The summed E-state index contributed by atoms with van der Waals surface area (Å²) in [6.45, 7) is 0. The van der Waals surface area contributed by atoms with Crippen molar-refractivity contribution in [1.82, 2.24) is 4.98 Å². The van der Waals surface area contributed by atoms with Gasteiger partial charge in [0.2, 0.25) is 0 Å². The van der Waals surface area contributed by atoms with Gasteiger partial charge in [-0.1, -0.05) is 0 Å². The fourth-order valence-corrected chi connectivity index (χ4v) is 1.11. The number of hydrogen-bond donors (Lipinski definition) is 1. The van der Waals surface area contributed by atoms with Crippen molar-refractivity contribution in [2.24, 2.45) is 0 Å². The maximum Gasteiger partial charge on any atom is 0.168 e. The van der Waals surface area contributed by atoms with Crippen molar-refractivity contribution < 1.29 is 9.13 Å². The predicted molar refractivity (Wildman–Crippen MR) is 47.4 cm³/mol. The molecule has 0 unspecified atom stereocenters. The largest absolute Gasteiger partial charge is 0.487 e. The quantitative estimate of drug-likeness (QED) is 0.774. The van der Waals surface area contributed by atoms with Crippen LogP contribution in [0.15, 0.2) is 12.4 Å². The van der Waals surface area contributed by atoms with E-state index in [0.717, 1.165) is 12.8 Å². The minimum atomic E-state index is -0.374. The van der Waals surface area contributed by atoms with Gasteiger partial charge in [0.05, 0.1) is 18.5 Å². The molecule has 70 valence electrons. The summed E-state index contributed by atoms with van der Waals surface area (Å²) >= 11 is 0.